The predicted molar refractivity (Wildman–Crippen MR) is 66.1 cm³/mol. The minimum absolute atomic E-state index is 0.310. The molecule has 1 aromatic rings. The first kappa shape index (κ1) is 10.5. The molecule has 1 heteroatoms. The highest BCUT2D eigenvalue weighted by Gasteiger charge is 2.37. The van der Waals surface area contributed by atoms with Gasteiger partial charge >= 0.3 is 0 Å². The molecule has 0 spiro atoms. The van der Waals surface area contributed by atoms with E-state index in [4.69, 9.17) is 5.73 Å². The molecule has 0 fully saturated rings. The first-order chi connectivity index (χ1) is 7.06. The van der Waals surface area contributed by atoms with Crippen LogP contribution in [0.15, 0.2) is 18.2 Å². The fourth-order valence-corrected chi connectivity index (χ4v) is 3.05. The van der Waals surface area contributed by atoms with E-state index in [1.807, 2.05) is 6.07 Å². The molecule has 0 aliphatic heterocycles. The lowest BCUT2D eigenvalue weighted by atomic mass is 9.85. The van der Waals surface area contributed by atoms with Gasteiger partial charge in [-0.1, -0.05) is 39.3 Å². The summed E-state index contributed by atoms with van der Waals surface area (Å²) in [5, 5.41) is 0. The summed E-state index contributed by atoms with van der Waals surface area (Å²) in [7, 11) is 0. The van der Waals surface area contributed by atoms with Crippen LogP contribution >= 0.6 is 0 Å². The summed E-state index contributed by atoms with van der Waals surface area (Å²) in [5.74, 6) is 0.682. The number of fused-ring (bicyclic) bond motifs is 1. The quantitative estimate of drug-likeness (QED) is 0.726. The van der Waals surface area contributed by atoms with Crippen LogP contribution in [0, 0.1) is 0 Å². The van der Waals surface area contributed by atoms with Crippen LogP contribution in [0.2, 0.25) is 0 Å². The third-order valence-electron chi connectivity index (χ3n) is 3.67. The van der Waals surface area contributed by atoms with Crippen molar-refractivity contribution in [3.05, 3.63) is 29.3 Å². The molecule has 1 aliphatic carbocycles. The van der Waals surface area contributed by atoms with Crippen LogP contribution in [0.25, 0.3) is 0 Å². The van der Waals surface area contributed by atoms with E-state index in [0.717, 1.165) is 5.69 Å². The summed E-state index contributed by atoms with van der Waals surface area (Å²) in [5.41, 5.74) is 10.3. The minimum atomic E-state index is 0.310. The zero-order valence-electron chi connectivity index (χ0n) is 10.0. The van der Waals surface area contributed by atoms with Crippen molar-refractivity contribution in [1.82, 2.24) is 0 Å². The standard InChI is InChI=1S/C14H21N/c1-4-6-10-9-14(2,3)11-7-5-8-12(15)13(10)11/h5,7-8,10H,4,6,9,15H2,1-3H3/t10-/m1/s1. The Hall–Kier alpha value is -0.980. The van der Waals surface area contributed by atoms with E-state index in [-0.39, 0.29) is 0 Å². The van der Waals surface area contributed by atoms with Gasteiger partial charge in [0.15, 0.2) is 0 Å². The number of hydrogen-bond acceptors (Lipinski definition) is 1. The monoisotopic (exact) mass is 203 g/mol. The predicted octanol–water partition coefficient (Wildman–Crippen LogP) is 3.83. The summed E-state index contributed by atoms with van der Waals surface area (Å²) in [6, 6.07) is 6.38. The SMILES string of the molecule is CCC[C@@H]1CC(C)(C)c2cccc(N)c21. The Bertz CT molecular complexity index is 366. The van der Waals surface area contributed by atoms with Crippen molar-refractivity contribution in [2.24, 2.45) is 0 Å². The second-order valence-corrected chi connectivity index (χ2v) is 5.38. The Morgan fingerprint density at radius 2 is 2.13 bits per heavy atom. The Kier molecular flexibility index (Phi) is 2.49. The number of benzene rings is 1. The number of hydrogen-bond donors (Lipinski definition) is 1. The second kappa shape index (κ2) is 3.55. The van der Waals surface area contributed by atoms with Crippen molar-refractivity contribution in [1.29, 1.82) is 0 Å². The highest BCUT2D eigenvalue weighted by Crippen LogP contribution is 2.49. The van der Waals surface area contributed by atoms with Crippen LogP contribution in [0.5, 0.6) is 0 Å². The Morgan fingerprint density at radius 3 is 2.80 bits per heavy atom. The molecule has 82 valence electrons. The van der Waals surface area contributed by atoms with E-state index < -0.39 is 0 Å². The molecule has 1 nitrogen and oxygen atoms in total. The van der Waals surface area contributed by atoms with Crippen molar-refractivity contribution in [2.45, 2.75) is 51.4 Å². The smallest absolute Gasteiger partial charge is 0.0352 e. The average Bonchev–Trinajstić information content (AvgIpc) is 2.41. The number of nitrogens with two attached hydrogens (primary N) is 1. The third kappa shape index (κ3) is 1.64. The molecule has 0 unspecified atom stereocenters. The molecule has 2 N–H and O–H groups in total. The van der Waals surface area contributed by atoms with Crippen molar-refractivity contribution >= 4 is 5.69 Å². The molecular formula is C14H21N. The molecule has 0 saturated carbocycles. The maximum absolute atomic E-state index is 6.11. The first-order valence-electron chi connectivity index (χ1n) is 5.95. The Balaban J connectivity index is 2.48. The highest BCUT2D eigenvalue weighted by atomic mass is 14.6. The van der Waals surface area contributed by atoms with E-state index in [0.29, 0.717) is 11.3 Å². The summed E-state index contributed by atoms with van der Waals surface area (Å²) >= 11 is 0. The van der Waals surface area contributed by atoms with Crippen LogP contribution in [0.4, 0.5) is 5.69 Å². The first-order valence-corrected chi connectivity index (χ1v) is 5.95. The summed E-state index contributed by atoms with van der Waals surface area (Å²) < 4.78 is 0. The largest absolute Gasteiger partial charge is 0.398 e. The van der Waals surface area contributed by atoms with Crippen molar-refractivity contribution in [2.75, 3.05) is 5.73 Å². The maximum atomic E-state index is 6.11. The molecule has 0 amide bonds. The number of anilines is 1. The summed E-state index contributed by atoms with van der Waals surface area (Å²) in [4.78, 5) is 0. The molecule has 0 saturated heterocycles. The van der Waals surface area contributed by atoms with E-state index in [1.54, 1.807) is 0 Å². The highest BCUT2D eigenvalue weighted by molar-refractivity contribution is 5.57. The molecule has 1 atom stereocenters. The summed E-state index contributed by atoms with van der Waals surface area (Å²) in [6.07, 6.45) is 3.77. The van der Waals surface area contributed by atoms with Crippen LogP contribution in [0.1, 0.15) is 57.1 Å². The van der Waals surface area contributed by atoms with Gasteiger partial charge in [0.1, 0.15) is 0 Å². The molecule has 0 bridgehead atoms. The molecule has 1 aliphatic rings. The molecule has 0 radical (unpaired) electrons. The zero-order chi connectivity index (χ0) is 11.1. The van der Waals surface area contributed by atoms with Crippen LogP contribution < -0.4 is 5.73 Å². The molecule has 0 heterocycles. The maximum Gasteiger partial charge on any atom is 0.0352 e. The lowest BCUT2D eigenvalue weighted by Crippen LogP contribution is -2.12. The van der Waals surface area contributed by atoms with E-state index in [2.05, 4.69) is 32.9 Å². The fraction of sp³-hybridized carbons (Fsp3) is 0.571. The lowest BCUT2D eigenvalue weighted by Gasteiger charge is -2.19. The summed E-state index contributed by atoms with van der Waals surface area (Å²) in [6.45, 7) is 6.92. The molecule has 15 heavy (non-hydrogen) atoms. The van der Waals surface area contributed by atoms with Crippen LogP contribution in [-0.2, 0) is 5.41 Å². The normalized spacial score (nSPS) is 22.7. The Labute approximate surface area is 92.7 Å². The average molecular weight is 203 g/mol. The number of rotatable bonds is 2. The van der Waals surface area contributed by atoms with Gasteiger partial charge < -0.3 is 5.73 Å². The van der Waals surface area contributed by atoms with E-state index in [9.17, 15) is 0 Å². The fourth-order valence-electron chi connectivity index (χ4n) is 3.05. The van der Waals surface area contributed by atoms with Crippen molar-refractivity contribution in [3.8, 4) is 0 Å². The van der Waals surface area contributed by atoms with Gasteiger partial charge in [0.05, 0.1) is 0 Å². The Morgan fingerprint density at radius 1 is 1.40 bits per heavy atom. The van der Waals surface area contributed by atoms with Crippen molar-refractivity contribution < 1.29 is 0 Å². The van der Waals surface area contributed by atoms with Crippen molar-refractivity contribution in [3.63, 3.8) is 0 Å². The van der Waals surface area contributed by atoms with Gasteiger partial charge in [-0.2, -0.15) is 0 Å². The van der Waals surface area contributed by atoms with Gasteiger partial charge in [0.2, 0.25) is 0 Å². The zero-order valence-corrected chi connectivity index (χ0v) is 10.0. The van der Waals surface area contributed by atoms with Crippen LogP contribution in [0.3, 0.4) is 0 Å². The number of nitrogen functional groups attached to an aromatic ring is 1. The second-order valence-electron chi connectivity index (χ2n) is 5.38. The van der Waals surface area contributed by atoms with Gasteiger partial charge in [-0.05, 0) is 41.4 Å². The topological polar surface area (TPSA) is 26.0 Å². The van der Waals surface area contributed by atoms with Crippen LogP contribution in [-0.4, -0.2) is 0 Å². The van der Waals surface area contributed by atoms with E-state index >= 15 is 0 Å². The van der Waals surface area contributed by atoms with Gasteiger partial charge in [-0.3, -0.25) is 0 Å². The lowest BCUT2D eigenvalue weighted by molar-refractivity contribution is 0.458. The van der Waals surface area contributed by atoms with Gasteiger partial charge in [-0.15, -0.1) is 0 Å². The molecule has 0 aromatic heterocycles. The molecular weight excluding hydrogens is 182 g/mol. The molecule has 2 rings (SSSR count). The van der Waals surface area contributed by atoms with Gasteiger partial charge in [-0.25, -0.2) is 0 Å². The van der Waals surface area contributed by atoms with E-state index in [1.165, 1.54) is 30.4 Å². The molecule has 1 aromatic carbocycles. The van der Waals surface area contributed by atoms with Gasteiger partial charge in [0, 0.05) is 5.69 Å². The third-order valence-corrected chi connectivity index (χ3v) is 3.67. The minimum Gasteiger partial charge on any atom is -0.398 e. The van der Waals surface area contributed by atoms with Gasteiger partial charge in [0.25, 0.3) is 0 Å².